The molecule has 2 heterocycles. The molecule has 1 aromatic heterocycles. The highest BCUT2D eigenvalue weighted by Crippen LogP contribution is 2.39. The van der Waals surface area contributed by atoms with Crippen molar-refractivity contribution in [3.63, 3.8) is 0 Å². The number of methoxy groups -OCH3 is 1. The first-order chi connectivity index (χ1) is 8.77. The van der Waals surface area contributed by atoms with Crippen molar-refractivity contribution in [1.82, 2.24) is 15.4 Å². The summed E-state index contributed by atoms with van der Waals surface area (Å²) in [6.45, 7) is 2.23. The number of nitrogens with two attached hydrogens (primary N) is 1. The zero-order chi connectivity index (χ0) is 13.0. The van der Waals surface area contributed by atoms with Gasteiger partial charge >= 0.3 is 0 Å². The lowest BCUT2D eigenvalue weighted by Gasteiger charge is -2.33. The summed E-state index contributed by atoms with van der Waals surface area (Å²) >= 11 is 3.90. The molecule has 0 amide bonds. The predicted octanol–water partition coefficient (Wildman–Crippen LogP) is 1.23. The van der Waals surface area contributed by atoms with Gasteiger partial charge in [0.05, 0.1) is 13.2 Å². The second-order valence-corrected chi connectivity index (χ2v) is 6.78. The molecule has 0 radical (unpaired) electrons. The van der Waals surface area contributed by atoms with Crippen molar-refractivity contribution in [3.05, 3.63) is 18.1 Å². The van der Waals surface area contributed by atoms with Crippen LogP contribution < -0.4 is 16.0 Å². The Balaban J connectivity index is 2.26. The highest BCUT2D eigenvalue weighted by molar-refractivity contribution is 8.07. The molecule has 1 fully saturated rings. The largest absolute Gasteiger partial charge is 0.480 e. The number of hydrazine groups is 1. The average Bonchev–Trinajstić information content (AvgIpc) is 2.42. The number of thioether (sulfide) groups is 2. The van der Waals surface area contributed by atoms with Gasteiger partial charge in [0.1, 0.15) is 5.69 Å². The van der Waals surface area contributed by atoms with Crippen molar-refractivity contribution >= 4 is 23.5 Å². The molecule has 0 aliphatic carbocycles. The molecule has 7 heteroatoms. The number of hydrogen-bond donors (Lipinski definition) is 2. The highest BCUT2D eigenvalue weighted by Gasteiger charge is 2.33. The molecule has 1 saturated heterocycles. The normalized spacial score (nSPS) is 25.7. The second kappa shape index (κ2) is 6.60. The predicted molar refractivity (Wildman–Crippen MR) is 76.8 cm³/mol. The van der Waals surface area contributed by atoms with Crippen LogP contribution in [0.25, 0.3) is 0 Å². The molecule has 1 aromatic rings. The summed E-state index contributed by atoms with van der Waals surface area (Å²) in [5.74, 6) is 8.60. The Kier molecular flexibility index (Phi) is 5.11. The third-order valence-corrected chi connectivity index (χ3v) is 6.12. The molecule has 0 bridgehead atoms. The van der Waals surface area contributed by atoms with E-state index in [-0.39, 0.29) is 6.04 Å². The number of nitrogens with one attached hydrogen (secondary N) is 1. The fourth-order valence-electron chi connectivity index (χ4n) is 2.05. The van der Waals surface area contributed by atoms with Crippen LogP contribution in [-0.2, 0) is 0 Å². The molecule has 0 aromatic carbocycles. The summed E-state index contributed by atoms with van der Waals surface area (Å²) in [4.78, 5) is 8.57. The van der Waals surface area contributed by atoms with Gasteiger partial charge < -0.3 is 4.74 Å². The van der Waals surface area contributed by atoms with Gasteiger partial charge in [-0.05, 0) is 0 Å². The molecule has 100 valence electrons. The lowest BCUT2D eigenvalue weighted by molar-refractivity contribution is 0.375. The topological polar surface area (TPSA) is 73.1 Å². The number of hydrogen-bond acceptors (Lipinski definition) is 7. The molecular formula is C11H18N4OS2. The van der Waals surface area contributed by atoms with E-state index in [1.54, 1.807) is 19.5 Å². The Morgan fingerprint density at radius 1 is 1.39 bits per heavy atom. The Hall–Kier alpha value is -0.500. The first-order valence-corrected chi connectivity index (χ1v) is 7.92. The minimum Gasteiger partial charge on any atom is -0.480 e. The van der Waals surface area contributed by atoms with Gasteiger partial charge in [0.25, 0.3) is 0 Å². The van der Waals surface area contributed by atoms with E-state index in [1.165, 1.54) is 5.75 Å². The SMILES string of the molecule is COc1nccnc1C(NN)C1SCCSC1C. The number of nitrogens with zero attached hydrogens (tertiary/aromatic N) is 2. The molecule has 0 saturated carbocycles. The first-order valence-electron chi connectivity index (χ1n) is 5.82. The number of ether oxygens (including phenoxy) is 1. The Morgan fingerprint density at radius 2 is 2.11 bits per heavy atom. The van der Waals surface area contributed by atoms with Crippen LogP contribution >= 0.6 is 23.5 Å². The zero-order valence-corrected chi connectivity index (χ0v) is 12.1. The fraction of sp³-hybridized carbons (Fsp3) is 0.636. The summed E-state index contributed by atoms with van der Waals surface area (Å²) in [6, 6.07) is -0.0403. The van der Waals surface area contributed by atoms with Crippen LogP contribution in [0, 0.1) is 0 Å². The Labute approximate surface area is 116 Å². The van der Waals surface area contributed by atoms with Gasteiger partial charge in [-0.1, -0.05) is 6.92 Å². The second-order valence-electron chi connectivity index (χ2n) is 4.01. The van der Waals surface area contributed by atoms with Crippen LogP contribution in [0.3, 0.4) is 0 Å². The summed E-state index contributed by atoms with van der Waals surface area (Å²) in [5, 5.41) is 0.899. The number of aromatic nitrogens is 2. The number of rotatable bonds is 4. The van der Waals surface area contributed by atoms with E-state index in [0.29, 0.717) is 16.4 Å². The van der Waals surface area contributed by atoms with Crippen molar-refractivity contribution in [3.8, 4) is 5.88 Å². The summed E-state index contributed by atoms with van der Waals surface area (Å²) in [6.07, 6.45) is 3.30. The van der Waals surface area contributed by atoms with Gasteiger partial charge in [-0.15, -0.1) is 0 Å². The van der Waals surface area contributed by atoms with Crippen LogP contribution in [-0.4, -0.2) is 39.1 Å². The van der Waals surface area contributed by atoms with Crippen LogP contribution in [0.4, 0.5) is 0 Å². The van der Waals surface area contributed by atoms with E-state index in [2.05, 4.69) is 22.3 Å². The van der Waals surface area contributed by atoms with Crippen molar-refractivity contribution in [2.45, 2.75) is 23.5 Å². The summed E-state index contributed by atoms with van der Waals surface area (Å²) in [7, 11) is 1.60. The zero-order valence-electron chi connectivity index (χ0n) is 10.5. The van der Waals surface area contributed by atoms with Gasteiger partial charge in [0.15, 0.2) is 0 Å². The monoisotopic (exact) mass is 286 g/mol. The molecule has 1 aliphatic heterocycles. The molecule has 0 spiro atoms. The Morgan fingerprint density at radius 3 is 2.78 bits per heavy atom. The molecular weight excluding hydrogens is 268 g/mol. The van der Waals surface area contributed by atoms with Crippen molar-refractivity contribution < 1.29 is 4.74 Å². The van der Waals surface area contributed by atoms with Crippen molar-refractivity contribution in [1.29, 1.82) is 0 Å². The Bertz CT molecular complexity index is 393. The van der Waals surface area contributed by atoms with E-state index in [4.69, 9.17) is 10.6 Å². The van der Waals surface area contributed by atoms with Gasteiger partial charge in [-0.2, -0.15) is 23.5 Å². The molecule has 2 rings (SSSR count). The molecule has 1 aliphatic rings. The molecule has 18 heavy (non-hydrogen) atoms. The van der Waals surface area contributed by atoms with Crippen LogP contribution in [0.5, 0.6) is 5.88 Å². The molecule has 3 unspecified atom stereocenters. The van der Waals surface area contributed by atoms with Gasteiger partial charge in [0, 0.05) is 34.4 Å². The third-order valence-electron chi connectivity index (χ3n) is 2.92. The fourth-order valence-corrected chi connectivity index (χ4v) is 4.95. The standard InChI is InChI=1S/C11H18N4OS2/c1-7-10(18-6-5-17-7)8(15-12)9-11(16-2)14-4-3-13-9/h3-4,7-8,10,15H,5-6,12H2,1-2H3. The minimum atomic E-state index is -0.0403. The van der Waals surface area contributed by atoms with Gasteiger partial charge in [-0.3, -0.25) is 16.3 Å². The van der Waals surface area contributed by atoms with E-state index < -0.39 is 0 Å². The third kappa shape index (κ3) is 2.90. The summed E-state index contributed by atoms with van der Waals surface area (Å²) < 4.78 is 5.27. The smallest absolute Gasteiger partial charge is 0.237 e. The van der Waals surface area contributed by atoms with Gasteiger partial charge in [-0.25, -0.2) is 4.98 Å². The molecule has 3 N–H and O–H groups in total. The lowest BCUT2D eigenvalue weighted by Crippen LogP contribution is -2.41. The minimum absolute atomic E-state index is 0.0403. The molecule has 5 nitrogen and oxygen atoms in total. The maximum atomic E-state index is 5.73. The first kappa shape index (κ1) is 13.9. The quantitative estimate of drug-likeness (QED) is 0.637. The van der Waals surface area contributed by atoms with E-state index in [0.717, 1.165) is 11.4 Å². The van der Waals surface area contributed by atoms with Crippen molar-refractivity contribution in [2.75, 3.05) is 18.6 Å². The van der Waals surface area contributed by atoms with E-state index in [1.807, 2.05) is 23.5 Å². The van der Waals surface area contributed by atoms with E-state index in [9.17, 15) is 0 Å². The van der Waals surface area contributed by atoms with Crippen LogP contribution in [0.15, 0.2) is 12.4 Å². The summed E-state index contributed by atoms with van der Waals surface area (Å²) in [5.41, 5.74) is 3.66. The average molecular weight is 286 g/mol. The lowest BCUT2D eigenvalue weighted by atomic mass is 10.1. The van der Waals surface area contributed by atoms with E-state index >= 15 is 0 Å². The van der Waals surface area contributed by atoms with Gasteiger partial charge in [0.2, 0.25) is 5.88 Å². The van der Waals surface area contributed by atoms with Crippen molar-refractivity contribution in [2.24, 2.45) is 5.84 Å². The maximum absolute atomic E-state index is 5.73. The molecule has 3 atom stereocenters. The van der Waals surface area contributed by atoms with Crippen LogP contribution in [0.2, 0.25) is 0 Å². The highest BCUT2D eigenvalue weighted by atomic mass is 32.2. The maximum Gasteiger partial charge on any atom is 0.237 e. The van der Waals surface area contributed by atoms with Crippen LogP contribution in [0.1, 0.15) is 18.7 Å².